The molecule has 1 saturated heterocycles. The van der Waals surface area contributed by atoms with E-state index in [1.807, 2.05) is 91.0 Å². The van der Waals surface area contributed by atoms with E-state index < -0.39 is 39.0 Å². The van der Waals surface area contributed by atoms with Crippen molar-refractivity contribution in [3.8, 4) is 0 Å². The molecule has 0 radical (unpaired) electrons. The lowest BCUT2D eigenvalue weighted by molar-refractivity contribution is -0.317. The van der Waals surface area contributed by atoms with Gasteiger partial charge in [0, 0.05) is 0 Å². The highest BCUT2D eigenvalue weighted by molar-refractivity contribution is 6.77. The van der Waals surface area contributed by atoms with Gasteiger partial charge in [-0.3, -0.25) is 0 Å². The van der Waals surface area contributed by atoms with Gasteiger partial charge >= 0.3 is 0 Å². The van der Waals surface area contributed by atoms with Gasteiger partial charge in [-0.25, -0.2) is 0 Å². The van der Waals surface area contributed by atoms with Crippen LogP contribution in [0.1, 0.15) is 71.6 Å². The van der Waals surface area contributed by atoms with Gasteiger partial charge in [-0.1, -0.05) is 146 Å². The molecule has 1 aliphatic heterocycles. The highest BCUT2D eigenvalue weighted by Crippen LogP contribution is 2.42. The molecule has 1 fully saturated rings. The lowest BCUT2D eigenvalue weighted by Crippen LogP contribution is -2.61. The van der Waals surface area contributed by atoms with Crippen LogP contribution in [0.25, 0.3) is 0 Å². The van der Waals surface area contributed by atoms with Crippen molar-refractivity contribution in [3.05, 3.63) is 119 Å². The van der Waals surface area contributed by atoms with Gasteiger partial charge in [-0.15, -0.1) is 0 Å². The largest absolute Gasteiger partial charge is 0.412 e. The van der Waals surface area contributed by atoms with Crippen molar-refractivity contribution in [3.63, 3.8) is 0 Å². The average Bonchev–Trinajstić information content (AvgIpc) is 3.11. The molecule has 7 nitrogen and oxygen atoms in total. The molecular formula is C42H60O7Si. The van der Waals surface area contributed by atoms with E-state index in [1.165, 1.54) is 0 Å². The third-order valence-corrected chi connectivity index (χ3v) is 15.8. The van der Waals surface area contributed by atoms with E-state index in [9.17, 15) is 5.11 Å². The first-order chi connectivity index (χ1) is 24.1. The SMILES string of the molecule is CC/C=C(\COC1OC(COCc2ccccc2)C(OCc2ccccc2)C(OCc2ccccc2)C1O)CO[Si](C(C)C)(C(C)C)C(C)C. The molecule has 8 heteroatoms. The number of benzene rings is 3. The summed E-state index contributed by atoms with van der Waals surface area (Å²) < 4.78 is 39.2. The van der Waals surface area contributed by atoms with Crippen LogP contribution in [-0.4, -0.2) is 64.0 Å². The minimum absolute atomic E-state index is 0.234. The highest BCUT2D eigenvalue weighted by Gasteiger charge is 2.48. The quantitative estimate of drug-likeness (QED) is 0.0930. The normalized spacial score (nSPS) is 21.7. The lowest BCUT2D eigenvalue weighted by Gasteiger charge is -2.44. The molecule has 0 spiro atoms. The van der Waals surface area contributed by atoms with Crippen LogP contribution in [0.3, 0.4) is 0 Å². The Morgan fingerprint density at radius 1 is 0.680 bits per heavy atom. The molecule has 1 heterocycles. The summed E-state index contributed by atoms with van der Waals surface area (Å²) in [7, 11) is -2.09. The summed E-state index contributed by atoms with van der Waals surface area (Å²) in [5, 5.41) is 11.9. The fraction of sp³-hybridized carbons (Fsp3) is 0.524. The predicted octanol–water partition coefficient (Wildman–Crippen LogP) is 9.00. The van der Waals surface area contributed by atoms with Crippen molar-refractivity contribution >= 4 is 8.32 Å². The summed E-state index contributed by atoms with van der Waals surface area (Å²) in [6, 6.07) is 30.0. The van der Waals surface area contributed by atoms with Crippen molar-refractivity contribution in [1.29, 1.82) is 0 Å². The third kappa shape index (κ3) is 11.2. The monoisotopic (exact) mass is 704 g/mol. The van der Waals surface area contributed by atoms with E-state index in [1.54, 1.807) is 0 Å². The first kappa shape index (κ1) is 40.1. The van der Waals surface area contributed by atoms with Crippen molar-refractivity contribution in [1.82, 2.24) is 0 Å². The summed E-state index contributed by atoms with van der Waals surface area (Å²) in [4.78, 5) is 0. The van der Waals surface area contributed by atoms with Crippen molar-refractivity contribution in [2.75, 3.05) is 19.8 Å². The summed E-state index contributed by atoms with van der Waals surface area (Å²) in [5.41, 5.74) is 5.55. The topological polar surface area (TPSA) is 75.6 Å². The summed E-state index contributed by atoms with van der Waals surface area (Å²) in [6.07, 6.45) is -0.956. The molecule has 0 amide bonds. The molecule has 0 aromatic heterocycles. The molecule has 3 aromatic carbocycles. The molecule has 0 aliphatic carbocycles. The Bertz CT molecular complexity index is 1360. The van der Waals surface area contributed by atoms with E-state index in [0.717, 1.165) is 28.7 Å². The maximum atomic E-state index is 11.9. The Kier molecular flexibility index (Phi) is 16.4. The molecular weight excluding hydrogens is 645 g/mol. The zero-order chi connectivity index (χ0) is 35.9. The third-order valence-electron chi connectivity index (χ3n) is 9.72. The van der Waals surface area contributed by atoms with Crippen LogP contribution in [0.4, 0.5) is 0 Å². The smallest absolute Gasteiger partial charge is 0.200 e. The number of allylic oxidation sites excluding steroid dienone is 1. The van der Waals surface area contributed by atoms with Crippen LogP contribution in [0, 0.1) is 0 Å². The van der Waals surface area contributed by atoms with Gasteiger partial charge in [0.1, 0.15) is 24.4 Å². The summed E-state index contributed by atoms with van der Waals surface area (Å²) >= 11 is 0. The van der Waals surface area contributed by atoms with Crippen molar-refractivity contribution in [2.45, 2.75) is 122 Å². The average molecular weight is 705 g/mol. The molecule has 5 unspecified atom stereocenters. The fourth-order valence-electron chi connectivity index (χ4n) is 7.31. The van der Waals surface area contributed by atoms with Crippen LogP contribution < -0.4 is 0 Å². The lowest BCUT2D eigenvalue weighted by atomic mass is 9.98. The van der Waals surface area contributed by atoms with E-state index in [0.29, 0.717) is 43.1 Å². The maximum Gasteiger partial charge on any atom is 0.200 e. The van der Waals surface area contributed by atoms with Crippen LogP contribution in [-0.2, 0) is 47.9 Å². The number of aliphatic hydroxyl groups is 1. The van der Waals surface area contributed by atoms with E-state index >= 15 is 0 Å². The molecule has 0 saturated carbocycles. The molecule has 3 aromatic rings. The van der Waals surface area contributed by atoms with Gasteiger partial charge in [0.25, 0.3) is 0 Å². The van der Waals surface area contributed by atoms with Crippen molar-refractivity contribution in [2.24, 2.45) is 0 Å². The van der Waals surface area contributed by atoms with Gasteiger partial charge in [0.2, 0.25) is 8.32 Å². The number of rotatable bonds is 20. The second kappa shape index (κ2) is 20.4. The van der Waals surface area contributed by atoms with Gasteiger partial charge in [0.15, 0.2) is 6.29 Å². The maximum absolute atomic E-state index is 11.9. The molecule has 4 rings (SSSR count). The zero-order valence-corrected chi connectivity index (χ0v) is 32.2. The predicted molar refractivity (Wildman–Crippen MR) is 202 cm³/mol. The Labute approximate surface area is 302 Å². The molecule has 1 aliphatic rings. The molecule has 50 heavy (non-hydrogen) atoms. The van der Waals surface area contributed by atoms with E-state index in [2.05, 4.69) is 54.5 Å². The molecule has 0 bridgehead atoms. The van der Waals surface area contributed by atoms with E-state index in [-0.39, 0.29) is 13.2 Å². The Morgan fingerprint density at radius 2 is 1.16 bits per heavy atom. The Morgan fingerprint density at radius 3 is 1.64 bits per heavy atom. The van der Waals surface area contributed by atoms with Gasteiger partial charge in [0.05, 0.1) is 39.6 Å². The van der Waals surface area contributed by atoms with Crippen LogP contribution in [0.5, 0.6) is 0 Å². The van der Waals surface area contributed by atoms with Gasteiger partial charge < -0.3 is 33.2 Å². The van der Waals surface area contributed by atoms with Crippen LogP contribution >= 0.6 is 0 Å². The number of ether oxygens (including phenoxy) is 5. The van der Waals surface area contributed by atoms with E-state index in [4.69, 9.17) is 28.1 Å². The molecule has 274 valence electrons. The Balaban J connectivity index is 1.55. The highest BCUT2D eigenvalue weighted by atomic mass is 28.4. The van der Waals surface area contributed by atoms with Gasteiger partial charge in [-0.2, -0.15) is 0 Å². The number of hydrogen-bond acceptors (Lipinski definition) is 7. The second-order valence-electron chi connectivity index (χ2n) is 14.2. The van der Waals surface area contributed by atoms with Crippen LogP contribution in [0.2, 0.25) is 16.6 Å². The van der Waals surface area contributed by atoms with Crippen molar-refractivity contribution < 1.29 is 33.2 Å². The number of hydrogen-bond donors (Lipinski definition) is 1. The summed E-state index contributed by atoms with van der Waals surface area (Å²) in [5.74, 6) is 0. The van der Waals surface area contributed by atoms with Gasteiger partial charge in [-0.05, 0) is 45.3 Å². The first-order valence-electron chi connectivity index (χ1n) is 18.3. The first-order valence-corrected chi connectivity index (χ1v) is 20.5. The minimum Gasteiger partial charge on any atom is -0.412 e. The standard InChI is InChI=1S/C42H60O7Si/c1-8-18-37(29-48-50(31(2)3,32(4)5)33(6)7)28-47-42-39(43)41(46-27-36-23-16-11-17-24-36)40(45-26-35-21-14-10-15-22-35)38(49-42)30-44-25-34-19-12-9-13-20-34/h9-24,31-33,38-43H,8,25-30H2,1-7H3/b37-18+. The molecule has 5 atom stereocenters. The second-order valence-corrected chi connectivity index (χ2v) is 19.7. The fourth-order valence-corrected chi connectivity index (χ4v) is 12.7. The Hall–Kier alpha value is -2.66. The molecule has 1 N–H and O–H groups in total. The van der Waals surface area contributed by atoms with Crippen LogP contribution in [0.15, 0.2) is 103 Å². The number of aliphatic hydroxyl groups excluding tert-OH is 1. The minimum atomic E-state index is -2.09. The summed E-state index contributed by atoms with van der Waals surface area (Å²) in [6.45, 7) is 18.0. The zero-order valence-electron chi connectivity index (χ0n) is 31.2.